The highest BCUT2D eigenvalue weighted by atomic mass is 19.1. The van der Waals surface area contributed by atoms with E-state index in [1.807, 2.05) is 0 Å². The molecule has 0 saturated carbocycles. The lowest BCUT2D eigenvalue weighted by Gasteiger charge is -2.24. The van der Waals surface area contributed by atoms with Crippen LogP contribution < -0.4 is 15.4 Å². The summed E-state index contributed by atoms with van der Waals surface area (Å²) in [5.41, 5.74) is 8.02. The Morgan fingerprint density at radius 3 is 2.98 bits per heavy atom. The number of hydrogen-bond acceptors (Lipinski definition) is 9. The van der Waals surface area contributed by atoms with Gasteiger partial charge in [0, 0.05) is 38.8 Å². The van der Waals surface area contributed by atoms with E-state index in [4.69, 9.17) is 9.72 Å². The van der Waals surface area contributed by atoms with Crippen molar-refractivity contribution in [2.75, 3.05) is 43.4 Å². The van der Waals surface area contributed by atoms with E-state index in [1.165, 1.54) is 31.0 Å². The number of ketones is 1. The Bertz CT molecular complexity index is 1600. The van der Waals surface area contributed by atoms with Gasteiger partial charge in [-0.25, -0.2) is 9.67 Å². The number of carbonyl (C=O) groups is 1. The van der Waals surface area contributed by atoms with Crippen LogP contribution in [0.3, 0.4) is 0 Å². The minimum Gasteiger partial charge on any atom is -0.484 e. The molecule has 0 saturated heterocycles. The van der Waals surface area contributed by atoms with Gasteiger partial charge >= 0.3 is 0 Å². The van der Waals surface area contributed by atoms with Crippen molar-refractivity contribution >= 4 is 28.5 Å². The molecule has 0 unspecified atom stereocenters. The number of nitrogens with zero attached hydrogens (tertiary/aromatic N) is 6. The molecule has 3 aromatic heterocycles. The molecule has 1 aliphatic carbocycles. The molecule has 0 radical (unpaired) electrons. The number of nitrogens with one attached hydrogen (secondary N) is 2. The van der Waals surface area contributed by atoms with Crippen LogP contribution in [0.25, 0.3) is 11.0 Å². The number of aryl methyl sites for hydroxylation is 3. The van der Waals surface area contributed by atoms with Gasteiger partial charge in [-0.3, -0.25) is 15.0 Å². The first-order chi connectivity index (χ1) is 20.9. The SMILES string of the molecule is CC(=O)[C@H](CCN(CCCCc1ccc2c(n1)NCCC2)CCOC1=C=C=C(F)C=C1)Nc1c2cnn(C)c2nc[n+]1O. The molecule has 1 aliphatic heterocycles. The zero-order valence-corrected chi connectivity index (χ0v) is 24.6. The standard InChI is InChI=1S/C31H37FN8O3/c1-22(41)28(37-31-27-20-35-38(2)30(27)34-21-40(31)42)14-17-39(18-19-43-26-12-9-24(32)10-13-26)16-4-3-7-25-11-8-23-6-5-15-33-29(23)36-25/h8-9,11-12,20-21,28,42H,3-7,14-19H2,1-2H3,(H,33,36)/p+1/t28-/m0/s1. The van der Waals surface area contributed by atoms with Crippen molar-refractivity contribution < 1.29 is 23.9 Å². The van der Waals surface area contributed by atoms with E-state index in [-0.39, 0.29) is 5.78 Å². The van der Waals surface area contributed by atoms with Gasteiger partial charge in [-0.05, 0) is 80.8 Å². The molecule has 3 aromatic rings. The second kappa shape index (κ2) is 14.1. The molecule has 43 heavy (non-hydrogen) atoms. The number of unbranched alkanes of at least 4 members (excludes halogenated alkanes) is 1. The maximum absolute atomic E-state index is 13.2. The molecular formula is C31H38FN8O3+. The number of halogens is 1. The molecule has 1 atom stereocenters. The Morgan fingerprint density at radius 1 is 1.28 bits per heavy atom. The van der Waals surface area contributed by atoms with E-state index >= 15 is 0 Å². The fourth-order valence-electron chi connectivity index (χ4n) is 5.25. The van der Waals surface area contributed by atoms with Crippen molar-refractivity contribution in [3.05, 3.63) is 71.1 Å². The monoisotopic (exact) mass is 589 g/mol. The van der Waals surface area contributed by atoms with E-state index < -0.39 is 11.9 Å². The van der Waals surface area contributed by atoms with Gasteiger partial charge < -0.3 is 15.3 Å². The predicted molar refractivity (Wildman–Crippen MR) is 159 cm³/mol. The summed E-state index contributed by atoms with van der Waals surface area (Å²) in [4.78, 5) is 24.0. The van der Waals surface area contributed by atoms with Crippen LogP contribution in [0, 0.1) is 0 Å². The van der Waals surface area contributed by atoms with Crippen molar-refractivity contribution in [1.82, 2.24) is 24.6 Å². The van der Waals surface area contributed by atoms with Crippen molar-refractivity contribution in [3.8, 4) is 0 Å². The number of aromatic nitrogens is 5. The van der Waals surface area contributed by atoms with Crippen LogP contribution in [0.4, 0.5) is 16.0 Å². The van der Waals surface area contributed by atoms with Crippen LogP contribution >= 0.6 is 0 Å². The largest absolute Gasteiger partial charge is 0.484 e. The van der Waals surface area contributed by atoms with Crippen molar-refractivity contribution in [2.45, 2.75) is 51.5 Å². The van der Waals surface area contributed by atoms with E-state index in [1.54, 1.807) is 17.9 Å². The molecule has 12 heteroatoms. The van der Waals surface area contributed by atoms with Gasteiger partial charge in [0.25, 0.3) is 12.1 Å². The van der Waals surface area contributed by atoms with Crippen molar-refractivity contribution in [1.29, 1.82) is 0 Å². The average molecular weight is 590 g/mol. The Labute approximate surface area is 250 Å². The third kappa shape index (κ3) is 7.87. The normalized spacial score (nSPS) is 14.7. The summed E-state index contributed by atoms with van der Waals surface area (Å²) in [7, 11) is 1.77. The number of anilines is 2. The lowest BCUT2D eigenvalue weighted by Crippen LogP contribution is -2.41. The number of fused-ring (bicyclic) bond motifs is 2. The van der Waals surface area contributed by atoms with Crippen molar-refractivity contribution in [2.24, 2.45) is 7.05 Å². The van der Waals surface area contributed by atoms with E-state index in [2.05, 4.69) is 49.2 Å². The molecule has 0 fully saturated rings. The van der Waals surface area contributed by atoms with Crippen molar-refractivity contribution in [3.63, 3.8) is 0 Å². The molecule has 2 aliphatic rings. The lowest BCUT2D eigenvalue weighted by atomic mass is 10.1. The van der Waals surface area contributed by atoms with E-state index in [9.17, 15) is 14.4 Å². The second-order valence-corrected chi connectivity index (χ2v) is 10.8. The predicted octanol–water partition coefficient (Wildman–Crippen LogP) is 3.41. The Morgan fingerprint density at radius 2 is 2.16 bits per heavy atom. The number of carbonyl (C=O) groups excluding carboxylic acids is 1. The van der Waals surface area contributed by atoms with Crippen LogP contribution in [0.15, 0.2) is 59.9 Å². The Hall–Kier alpha value is -4.50. The molecule has 226 valence electrons. The number of ether oxygens (including phenoxy) is 1. The number of hydrogen-bond donors (Lipinski definition) is 3. The first-order valence-corrected chi connectivity index (χ1v) is 14.7. The molecular weight excluding hydrogens is 551 g/mol. The van der Waals surface area contributed by atoms with Gasteiger partial charge in [0.15, 0.2) is 17.4 Å². The minimum atomic E-state index is -0.542. The maximum Gasteiger partial charge on any atom is 0.274 e. The summed E-state index contributed by atoms with van der Waals surface area (Å²) in [6.45, 7) is 4.92. The van der Waals surface area contributed by atoms with E-state index in [0.29, 0.717) is 48.7 Å². The Kier molecular flexibility index (Phi) is 9.84. The van der Waals surface area contributed by atoms with Crippen LogP contribution in [0.5, 0.6) is 0 Å². The molecule has 0 spiro atoms. The van der Waals surface area contributed by atoms with E-state index in [0.717, 1.165) is 61.4 Å². The number of pyridine rings is 1. The second-order valence-electron chi connectivity index (χ2n) is 10.8. The van der Waals surface area contributed by atoms with Gasteiger partial charge in [0.2, 0.25) is 5.65 Å². The van der Waals surface area contributed by atoms with Crippen LogP contribution in [0.2, 0.25) is 0 Å². The van der Waals surface area contributed by atoms with Gasteiger partial charge in [-0.15, -0.1) is 0 Å². The quantitative estimate of drug-likeness (QED) is 0.106. The smallest absolute Gasteiger partial charge is 0.274 e. The number of Topliss-reactive ketones (excluding diaryl/α,β-unsaturated/α-hetero) is 1. The lowest BCUT2D eigenvalue weighted by molar-refractivity contribution is -0.894. The Balaban J connectivity index is 1.20. The topological polar surface area (TPSA) is 121 Å². The van der Waals surface area contributed by atoms with Crippen LogP contribution in [-0.2, 0) is 29.4 Å². The fraction of sp³-hybridized carbons (Fsp3) is 0.452. The molecule has 4 heterocycles. The van der Waals surface area contributed by atoms with Gasteiger partial charge in [0.1, 0.15) is 23.9 Å². The van der Waals surface area contributed by atoms with Gasteiger partial charge in [-0.2, -0.15) is 9.49 Å². The fourth-order valence-corrected chi connectivity index (χ4v) is 5.25. The molecule has 0 bridgehead atoms. The summed E-state index contributed by atoms with van der Waals surface area (Å²) in [6, 6.07) is 3.77. The minimum absolute atomic E-state index is 0.0476. The summed E-state index contributed by atoms with van der Waals surface area (Å²) >= 11 is 0. The number of allylic oxidation sites excluding steroid dienone is 3. The molecule has 0 amide bonds. The highest BCUT2D eigenvalue weighted by Crippen LogP contribution is 2.21. The molecule has 11 nitrogen and oxygen atoms in total. The highest BCUT2D eigenvalue weighted by molar-refractivity contribution is 5.89. The van der Waals surface area contributed by atoms with Gasteiger partial charge in [0.05, 0.1) is 6.20 Å². The maximum atomic E-state index is 13.2. The third-order valence-electron chi connectivity index (χ3n) is 7.68. The summed E-state index contributed by atoms with van der Waals surface area (Å²) in [5.74, 6) is 1.28. The third-order valence-corrected chi connectivity index (χ3v) is 7.68. The molecule has 3 N–H and O–H groups in total. The number of rotatable bonds is 15. The van der Waals surface area contributed by atoms with Crippen LogP contribution in [0.1, 0.15) is 43.9 Å². The summed E-state index contributed by atoms with van der Waals surface area (Å²) in [6.07, 6.45) is 11.2. The summed E-state index contributed by atoms with van der Waals surface area (Å²) in [5, 5.41) is 21.9. The first kappa shape index (κ1) is 30.0. The zero-order chi connectivity index (χ0) is 30.2. The zero-order valence-electron chi connectivity index (χ0n) is 24.6. The molecule has 0 aromatic carbocycles. The molecule has 5 rings (SSSR count). The van der Waals surface area contributed by atoms with Gasteiger partial charge in [-0.1, -0.05) is 15.8 Å². The summed E-state index contributed by atoms with van der Waals surface area (Å²) < 4.78 is 21.5. The van der Waals surface area contributed by atoms with Crippen LogP contribution in [-0.4, -0.2) is 74.5 Å². The average Bonchev–Trinajstić information content (AvgIpc) is 3.39. The first-order valence-electron chi connectivity index (χ1n) is 14.7. The highest BCUT2D eigenvalue weighted by Gasteiger charge is 2.25.